The number of amides is 2. The largest absolute Gasteiger partial charge is 0.480 e. The van der Waals surface area contributed by atoms with Gasteiger partial charge in [0.2, 0.25) is 0 Å². The van der Waals surface area contributed by atoms with E-state index in [9.17, 15) is 9.59 Å². The average Bonchev–Trinajstić information content (AvgIpc) is 2.37. The Hall–Kier alpha value is -1.21. The molecular weight excluding hydrogens is 344 g/mol. The molecule has 5 nitrogen and oxygen atoms in total. The van der Waals surface area contributed by atoms with Crippen LogP contribution in [0, 0.1) is 6.92 Å². The summed E-state index contributed by atoms with van der Waals surface area (Å²) in [6.45, 7) is 1.86. The topological polar surface area (TPSA) is 78.4 Å². The normalized spacial score (nSPS) is 11.8. The number of carboxylic acid groups (broad SMARTS) is 1. The molecule has 0 bridgehead atoms. The number of halogens is 1. The molecule has 0 radical (unpaired) electrons. The van der Waals surface area contributed by atoms with Gasteiger partial charge in [-0.15, -0.1) is 0 Å². The lowest BCUT2D eigenvalue weighted by Crippen LogP contribution is -2.43. The first-order valence-electron chi connectivity index (χ1n) is 5.99. The van der Waals surface area contributed by atoms with Gasteiger partial charge in [-0.25, -0.2) is 9.59 Å². The van der Waals surface area contributed by atoms with Gasteiger partial charge in [0.05, 0.1) is 0 Å². The highest BCUT2D eigenvalue weighted by molar-refractivity contribution is 9.10. The summed E-state index contributed by atoms with van der Waals surface area (Å²) in [6.07, 6.45) is 2.29. The van der Waals surface area contributed by atoms with E-state index in [2.05, 4.69) is 26.6 Å². The third kappa shape index (κ3) is 5.42. The highest BCUT2D eigenvalue weighted by atomic mass is 79.9. The number of urea groups is 1. The number of rotatable bonds is 6. The van der Waals surface area contributed by atoms with Gasteiger partial charge < -0.3 is 15.7 Å². The Bertz CT molecular complexity index is 497. The smallest absolute Gasteiger partial charge is 0.326 e. The van der Waals surface area contributed by atoms with Crippen molar-refractivity contribution in [3.8, 4) is 0 Å². The third-order valence-corrected chi connectivity index (χ3v) is 3.79. The van der Waals surface area contributed by atoms with Crippen molar-refractivity contribution in [1.82, 2.24) is 5.32 Å². The first-order chi connectivity index (χ1) is 9.43. The zero-order valence-electron chi connectivity index (χ0n) is 11.3. The number of hydrogen-bond donors (Lipinski definition) is 3. The molecule has 0 unspecified atom stereocenters. The number of nitrogens with one attached hydrogen (secondary N) is 2. The number of benzene rings is 1. The van der Waals surface area contributed by atoms with Gasteiger partial charge in [0.15, 0.2) is 0 Å². The Labute approximate surface area is 130 Å². The molecule has 0 saturated heterocycles. The van der Waals surface area contributed by atoms with Gasteiger partial charge in [-0.1, -0.05) is 15.9 Å². The molecule has 7 heteroatoms. The lowest BCUT2D eigenvalue weighted by molar-refractivity contribution is -0.139. The third-order valence-electron chi connectivity index (χ3n) is 2.65. The van der Waals surface area contributed by atoms with Gasteiger partial charge in [0.25, 0.3) is 0 Å². The summed E-state index contributed by atoms with van der Waals surface area (Å²) in [5.74, 6) is -0.351. The molecule has 1 aromatic carbocycles. The molecule has 0 spiro atoms. The van der Waals surface area contributed by atoms with E-state index in [1.54, 1.807) is 17.8 Å². The minimum Gasteiger partial charge on any atom is -0.480 e. The van der Waals surface area contributed by atoms with Crippen LogP contribution in [0.2, 0.25) is 0 Å². The van der Waals surface area contributed by atoms with Gasteiger partial charge in [-0.05, 0) is 49.1 Å². The number of thioether (sulfide) groups is 1. The van der Waals surface area contributed by atoms with Crippen LogP contribution >= 0.6 is 27.7 Å². The standard InChI is InChI=1S/C13H17BrN2O3S/c1-8-7-9(14)3-4-10(8)15-13(19)16-11(12(17)18)5-6-20-2/h3-4,7,11H,5-6H2,1-2H3,(H,17,18)(H2,15,16,19)/t11-/m1/s1. The van der Waals surface area contributed by atoms with E-state index in [0.29, 0.717) is 17.9 Å². The van der Waals surface area contributed by atoms with Gasteiger partial charge in [-0.2, -0.15) is 11.8 Å². The summed E-state index contributed by atoms with van der Waals surface area (Å²) in [6, 6.07) is 4.06. The maximum atomic E-state index is 11.8. The van der Waals surface area contributed by atoms with Gasteiger partial charge in [0.1, 0.15) is 6.04 Å². The van der Waals surface area contributed by atoms with Gasteiger partial charge >= 0.3 is 12.0 Å². The monoisotopic (exact) mass is 360 g/mol. The zero-order chi connectivity index (χ0) is 15.1. The molecule has 0 aliphatic carbocycles. The molecule has 0 aliphatic heterocycles. The average molecular weight is 361 g/mol. The molecule has 0 fully saturated rings. The van der Waals surface area contributed by atoms with E-state index in [1.807, 2.05) is 25.3 Å². The van der Waals surface area contributed by atoms with Crippen molar-refractivity contribution < 1.29 is 14.7 Å². The van der Waals surface area contributed by atoms with Crippen molar-refractivity contribution >= 4 is 45.4 Å². The molecule has 0 heterocycles. The van der Waals surface area contributed by atoms with Crippen LogP contribution in [0.25, 0.3) is 0 Å². The number of carbonyl (C=O) groups is 2. The molecule has 20 heavy (non-hydrogen) atoms. The first kappa shape index (κ1) is 16.8. The number of carboxylic acids is 1. The number of aliphatic carboxylic acids is 1. The van der Waals surface area contributed by atoms with E-state index in [-0.39, 0.29) is 0 Å². The van der Waals surface area contributed by atoms with E-state index in [0.717, 1.165) is 10.0 Å². The minimum absolute atomic E-state index is 0.392. The number of hydrogen-bond acceptors (Lipinski definition) is 3. The van der Waals surface area contributed by atoms with E-state index >= 15 is 0 Å². The van der Waals surface area contributed by atoms with E-state index in [4.69, 9.17) is 5.11 Å². The summed E-state index contributed by atoms with van der Waals surface area (Å²) in [7, 11) is 0. The van der Waals surface area contributed by atoms with Crippen LogP contribution in [0.15, 0.2) is 22.7 Å². The van der Waals surface area contributed by atoms with E-state index in [1.165, 1.54) is 0 Å². The van der Waals surface area contributed by atoms with Crippen LogP contribution in [0.1, 0.15) is 12.0 Å². The SMILES string of the molecule is CSCC[C@@H](NC(=O)Nc1ccc(Br)cc1C)C(=O)O. The lowest BCUT2D eigenvalue weighted by atomic mass is 10.2. The van der Waals surface area contributed by atoms with Crippen molar-refractivity contribution in [3.63, 3.8) is 0 Å². The predicted molar refractivity (Wildman–Crippen MR) is 85.5 cm³/mol. The summed E-state index contributed by atoms with van der Waals surface area (Å²) in [5.41, 5.74) is 1.55. The predicted octanol–water partition coefficient (Wildman–Crippen LogP) is 3.09. The summed E-state index contributed by atoms with van der Waals surface area (Å²) in [4.78, 5) is 22.9. The second-order valence-corrected chi connectivity index (χ2v) is 6.13. The van der Waals surface area contributed by atoms with E-state index < -0.39 is 18.0 Å². The summed E-state index contributed by atoms with van der Waals surface area (Å²) >= 11 is 4.88. The fourth-order valence-corrected chi connectivity index (χ4v) is 2.52. The highest BCUT2D eigenvalue weighted by Crippen LogP contribution is 2.19. The first-order valence-corrected chi connectivity index (χ1v) is 8.18. The molecule has 110 valence electrons. The fraction of sp³-hybridized carbons (Fsp3) is 0.385. The zero-order valence-corrected chi connectivity index (χ0v) is 13.7. The molecule has 1 atom stereocenters. The number of aryl methyl sites for hydroxylation is 1. The van der Waals surface area contributed by atoms with Crippen LogP contribution in [0.3, 0.4) is 0 Å². The summed E-state index contributed by atoms with van der Waals surface area (Å²) < 4.78 is 0.921. The van der Waals surface area contributed by atoms with Crippen molar-refractivity contribution in [3.05, 3.63) is 28.2 Å². The van der Waals surface area contributed by atoms with Crippen LogP contribution in [-0.2, 0) is 4.79 Å². The molecule has 0 aliphatic rings. The van der Waals surface area contributed by atoms with Crippen molar-refractivity contribution in [2.24, 2.45) is 0 Å². The van der Waals surface area contributed by atoms with Gasteiger partial charge in [0, 0.05) is 10.2 Å². The lowest BCUT2D eigenvalue weighted by Gasteiger charge is -2.15. The number of carbonyl (C=O) groups excluding carboxylic acids is 1. The molecule has 3 N–H and O–H groups in total. The molecule has 0 saturated carbocycles. The second kappa shape index (κ2) is 8.16. The Morgan fingerprint density at radius 1 is 1.45 bits per heavy atom. The van der Waals surface area contributed by atoms with Crippen LogP contribution in [0.5, 0.6) is 0 Å². The van der Waals surface area contributed by atoms with Crippen molar-refractivity contribution in [2.75, 3.05) is 17.3 Å². The van der Waals surface area contributed by atoms with Crippen LogP contribution in [-0.4, -0.2) is 35.2 Å². The highest BCUT2D eigenvalue weighted by Gasteiger charge is 2.19. The Balaban J connectivity index is 2.63. The molecule has 1 rings (SSSR count). The minimum atomic E-state index is -1.03. The second-order valence-electron chi connectivity index (χ2n) is 4.23. The quantitative estimate of drug-likeness (QED) is 0.728. The molecule has 1 aromatic rings. The van der Waals surface area contributed by atoms with Crippen molar-refractivity contribution in [2.45, 2.75) is 19.4 Å². The fourth-order valence-electron chi connectivity index (χ4n) is 1.58. The van der Waals surface area contributed by atoms with Crippen LogP contribution < -0.4 is 10.6 Å². The van der Waals surface area contributed by atoms with Crippen LogP contribution in [0.4, 0.5) is 10.5 Å². The Morgan fingerprint density at radius 3 is 2.70 bits per heavy atom. The molecular formula is C13H17BrN2O3S. The number of anilines is 1. The molecule has 2 amide bonds. The maximum absolute atomic E-state index is 11.8. The van der Waals surface area contributed by atoms with Gasteiger partial charge in [-0.3, -0.25) is 0 Å². The maximum Gasteiger partial charge on any atom is 0.326 e. The Morgan fingerprint density at radius 2 is 2.15 bits per heavy atom. The Kier molecular flexibility index (Phi) is 6.87. The summed E-state index contributed by atoms with van der Waals surface area (Å²) in [5, 5.41) is 14.2. The van der Waals surface area contributed by atoms with Crippen molar-refractivity contribution in [1.29, 1.82) is 0 Å². The molecule has 0 aromatic heterocycles.